The molecule has 1 aliphatic rings. The molecule has 6 nitrogen and oxygen atoms in total. The van der Waals surface area contributed by atoms with Crippen LogP contribution in [0.2, 0.25) is 0 Å². The molecule has 0 saturated carbocycles. The minimum Gasteiger partial charge on any atom is -0.494 e. The van der Waals surface area contributed by atoms with Gasteiger partial charge in [0.1, 0.15) is 5.75 Å². The van der Waals surface area contributed by atoms with Crippen molar-refractivity contribution in [3.05, 3.63) is 36.4 Å². The number of hydrogen-bond acceptors (Lipinski definition) is 5. The minimum atomic E-state index is -0.00341. The summed E-state index contributed by atoms with van der Waals surface area (Å²) in [5.41, 5.74) is 0.935. The SMILES string of the molecule is CCOc1ccc(-c2cnc(CCC(=O)NC[C@H]3CCCO3)o2)cc1. The fourth-order valence-electron chi connectivity index (χ4n) is 2.78. The molecule has 1 atom stereocenters. The second kappa shape index (κ2) is 8.67. The van der Waals surface area contributed by atoms with E-state index in [0.717, 1.165) is 30.8 Å². The van der Waals surface area contributed by atoms with Gasteiger partial charge in [-0.2, -0.15) is 0 Å². The highest BCUT2D eigenvalue weighted by atomic mass is 16.5. The molecule has 6 heteroatoms. The topological polar surface area (TPSA) is 73.6 Å². The van der Waals surface area contributed by atoms with Crippen molar-refractivity contribution in [2.75, 3.05) is 19.8 Å². The van der Waals surface area contributed by atoms with Crippen molar-refractivity contribution in [3.8, 4) is 17.1 Å². The van der Waals surface area contributed by atoms with Gasteiger partial charge in [-0.15, -0.1) is 0 Å². The Hall–Kier alpha value is -2.34. The van der Waals surface area contributed by atoms with E-state index in [1.54, 1.807) is 6.20 Å². The molecule has 0 unspecified atom stereocenters. The third kappa shape index (κ3) is 5.06. The van der Waals surface area contributed by atoms with E-state index in [2.05, 4.69) is 10.3 Å². The molecule has 25 heavy (non-hydrogen) atoms. The summed E-state index contributed by atoms with van der Waals surface area (Å²) < 4.78 is 16.7. The van der Waals surface area contributed by atoms with E-state index in [1.165, 1.54) is 0 Å². The summed E-state index contributed by atoms with van der Waals surface area (Å²) in [5.74, 6) is 2.08. The fourth-order valence-corrected chi connectivity index (χ4v) is 2.78. The maximum absolute atomic E-state index is 11.9. The van der Waals surface area contributed by atoms with Gasteiger partial charge in [-0.25, -0.2) is 4.98 Å². The number of carbonyl (C=O) groups is 1. The zero-order valence-corrected chi connectivity index (χ0v) is 14.5. The lowest BCUT2D eigenvalue weighted by molar-refractivity contribution is -0.121. The van der Waals surface area contributed by atoms with Gasteiger partial charge in [0.25, 0.3) is 0 Å². The monoisotopic (exact) mass is 344 g/mol. The Labute approximate surface area is 147 Å². The average molecular weight is 344 g/mol. The van der Waals surface area contributed by atoms with Crippen LogP contribution in [-0.2, 0) is 16.0 Å². The molecular formula is C19H24N2O4. The summed E-state index contributed by atoms with van der Waals surface area (Å²) in [7, 11) is 0. The number of carbonyl (C=O) groups excluding carboxylic acids is 1. The number of nitrogens with zero attached hydrogens (tertiary/aromatic N) is 1. The molecule has 1 N–H and O–H groups in total. The van der Waals surface area contributed by atoms with Crippen molar-refractivity contribution in [3.63, 3.8) is 0 Å². The van der Waals surface area contributed by atoms with Crippen LogP contribution in [0.15, 0.2) is 34.9 Å². The van der Waals surface area contributed by atoms with Crippen LogP contribution in [-0.4, -0.2) is 36.8 Å². The molecule has 2 aromatic rings. The van der Waals surface area contributed by atoms with Gasteiger partial charge in [0.05, 0.1) is 18.9 Å². The van der Waals surface area contributed by atoms with Crippen molar-refractivity contribution in [2.24, 2.45) is 0 Å². The Bertz CT molecular complexity index is 675. The number of rotatable bonds is 8. The van der Waals surface area contributed by atoms with Crippen LogP contribution in [0.5, 0.6) is 5.75 Å². The van der Waals surface area contributed by atoms with Gasteiger partial charge in [-0.1, -0.05) is 0 Å². The molecule has 3 rings (SSSR count). The molecule has 2 heterocycles. The second-order valence-corrected chi connectivity index (χ2v) is 6.01. The first-order valence-corrected chi connectivity index (χ1v) is 8.81. The van der Waals surface area contributed by atoms with Gasteiger partial charge < -0.3 is 19.2 Å². The molecule has 0 bridgehead atoms. The van der Waals surface area contributed by atoms with E-state index >= 15 is 0 Å². The summed E-state index contributed by atoms with van der Waals surface area (Å²) in [6.07, 6.45) is 4.79. The number of oxazole rings is 1. The molecule has 1 aliphatic heterocycles. The predicted molar refractivity (Wildman–Crippen MR) is 93.4 cm³/mol. The van der Waals surface area contributed by atoms with Gasteiger partial charge in [0.15, 0.2) is 11.7 Å². The zero-order chi connectivity index (χ0) is 17.5. The van der Waals surface area contributed by atoms with Crippen LogP contribution in [0.4, 0.5) is 0 Å². The molecule has 0 spiro atoms. The molecule has 1 aromatic carbocycles. The Morgan fingerprint density at radius 1 is 1.36 bits per heavy atom. The summed E-state index contributed by atoms with van der Waals surface area (Å²) in [4.78, 5) is 16.2. The Morgan fingerprint density at radius 2 is 2.20 bits per heavy atom. The first-order chi connectivity index (χ1) is 12.2. The smallest absolute Gasteiger partial charge is 0.220 e. The normalized spacial score (nSPS) is 16.8. The van der Waals surface area contributed by atoms with Crippen LogP contribution >= 0.6 is 0 Å². The summed E-state index contributed by atoms with van der Waals surface area (Å²) in [6, 6.07) is 7.67. The number of ether oxygens (including phenoxy) is 2. The molecule has 0 aliphatic carbocycles. The fraction of sp³-hybridized carbons (Fsp3) is 0.474. The van der Waals surface area contributed by atoms with Crippen LogP contribution < -0.4 is 10.1 Å². The van der Waals surface area contributed by atoms with Gasteiger partial charge in [0, 0.05) is 31.6 Å². The first kappa shape index (κ1) is 17.5. The number of amides is 1. The highest BCUT2D eigenvalue weighted by Crippen LogP contribution is 2.23. The molecule has 1 amide bonds. The number of aromatic nitrogens is 1. The van der Waals surface area contributed by atoms with Crippen molar-refractivity contribution >= 4 is 5.91 Å². The number of benzene rings is 1. The largest absolute Gasteiger partial charge is 0.494 e. The number of nitrogens with one attached hydrogen (secondary N) is 1. The molecular weight excluding hydrogens is 320 g/mol. The summed E-state index contributed by atoms with van der Waals surface area (Å²) >= 11 is 0. The van der Waals surface area contributed by atoms with E-state index in [9.17, 15) is 4.79 Å². The standard InChI is InChI=1S/C19H24N2O4/c1-2-23-15-7-5-14(6-8-15)17-13-21-19(25-17)10-9-18(22)20-12-16-4-3-11-24-16/h5-8,13,16H,2-4,9-12H2,1H3,(H,20,22)/t16-/m1/s1. The lowest BCUT2D eigenvalue weighted by Gasteiger charge is -2.10. The van der Waals surface area contributed by atoms with Gasteiger partial charge in [-0.3, -0.25) is 4.79 Å². The maximum Gasteiger partial charge on any atom is 0.220 e. The van der Waals surface area contributed by atoms with Crippen LogP contribution in [0, 0.1) is 0 Å². The molecule has 0 radical (unpaired) electrons. The second-order valence-electron chi connectivity index (χ2n) is 6.01. The predicted octanol–water partition coefficient (Wildman–Crippen LogP) is 2.97. The van der Waals surface area contributed by atoms with Gasteiger partial charge in [-0.05, 0) is 44.0 Å². The molecule has 1 saturated heterocycles. The highest BCUT2D eigenvalue weighted by Gasteiger charge is 2.16. The lowest BCUT2D eigenvalue weighted by Crippen LogP contribution is -2.31. The van der Waals surface area contributed by atoms with E-state index in [-0.39, 0.29) is 12.0 Å². The maximum atomic E-state index is 11.9. The van der Waals surface area contributed by atoms with Crippen LogP contribution in [0.1, 0.15) is 32.1 Å². The average Bonchev–Trinajstić information content (AvgIpc) is 3.31. The van der Waals surface area contributed by atoms with Gasteiger partial charge in [0.2, 0.25) is 5.91 Å². The molecule has 134 valence electrons. The van der Waals surface area contributed by atoms with E-state index in [0.29, 0.717) is 37.6 Å². The van der Waals surface area contributed by atoms with Crippen molar-refractivity contribution in [2.45, 2.75) is 38.7 Å². The third-order valence-electron chi connectivity index (χ3n) is 4.12. The zero-order valence-electron chi connectivity index (χ0n) is 14.5. The molecule has 1 aromatic heterocycles. The Kier molecular flexibility index (Phi) is 6.06. The summed E-state index contributed by atoms with van der Waals surface area (Å²) in [6.45, 7) is 3.97. The van der Waals surface area contributed by atoms with Crippen LogP contribution in [0.25, 0.3) is 11.3 Å². The Morgan fingerprint density at radius 3 is 2.92 bits per heavy atom. The lowest BCUT2D eigenvalue weighted by atomic mass is 10.2. The van der Waals surface area contributed by atoms with Crippen molar-refractivity contribution in [1.29, 1.82) is 0 Å². The number of hydrogen-bond donors (Lipinski definition) is 1. The van der Waals surface area contributed by atoms with Crippen LogP contribution in [0.3, 0.4) is 0 Å². The highest BCUT2D eigenvalue weighted by molar-refractivity contribution is 5.76. The van der Waals surface area contributed by atoms with E-state index < -0.39 is 0 Å². The van der Waals surface area contributed by atoms with E-state index in [1.807, 2.05) is 31.2 Å². The molecule has 1 fully saturated rings. The van der Waals surface area contributed by atoms with Gasteiger partial charge >= 0.3 is 0 Å². The quantitative estimate of drug-likeness (QED) is 0.797. The summed E-state index contributed by atoms with van der Waals surface area (Å²) in [5, 5.41) is 2.90. The van der Waals surface area contributed by atoms with Crippen molar-refractivity contribution < 1.29 is 18.7 Å². The Balaban J connectivity index is 1.46. The van der Waals surface area contributed by atoms with E-state index in [4.69, 9.17) is 13.9 Å². The minimum absolute atomic E-state index is 0.00341. The van der Waals surface area contributed by atoms with Crippen molar-refractivity contribution in [1.82, 2.24) is 10.3 Å². The first-order valence-electron chi connectivity index (χ1n) is 8.81. The number of aryl methyl sites for hydroxylation is 1. The third-order valence-corrected chi connectivity index (χ3v) is 4.12.